The number of hydrogen-bond donors (Lipinski definition) is 2. The Bertz CT molecular complexity index is 682. The maximum Gasteiger partial charge on any atom is 0.322 e. The summed E-state index contributed by atoms with van der Waals surface area (Å²) in [5.74, 6) is -0.269. The van der Waals surface area contributed by atoms with Crippen molar-refractivity contribution in [1.82, 2.24) is 10.2 Å². The molecule has 0 radical (unpaired) electrons. The fourth-order valence-electron chi connectivity index (χ4n) is 1.69. The van der Waals surface area contributed by atoms with Gasteiger partial charge in [0.15, 0.2) is 0 Å². The van der Waals surface area contributed by atoms with E-state index in [1.165, 1.54) is 18.2 Å². The number of non-ortho nitro benzene ring substituents is 1. The van der Waals surface area contributed by atoms with Crippen LogP contribution in [0.1, 0.15) is 23.2 Å². The molecule has 21 heavy (non-hydrogen) atoms. The van der Waals surface area contributed by atoms with Crippen molar-refractivity contribution in [1.29, 1.82) is 0 Å². The van der Waals surface area contributed by atoms with Crippen LogP contribution in [0.5, 0.6) is 0 Å². The summed E-state index contributed by atoms with van der Waals surface area (Å²) in [5, 5.41) is 23.4. The highest BCUT2D eigenvalue weighted by Gasteiger charge is 2.18. The van der Waals surface area contributed by atoms with Gasteiger partial charge in [0.1, 0.15) is 0 Å². The van der Waals surface area contributed by atoms with Gasteiger partial charge < -0.3 is 9.73 Å². The molecule has 0 saturated heterocycles. The number of nitrogens with one attached hydrogen (secondary N) is 2. The number of carbonyl (C=O) groups is 1. The van der Waals surface area contributed by atoms with Gasteiger partial charge in [-0.25, -0.2) is 0 Å². The van der Waals surface area contributed by atoms with E-state index in [0.29, 0.717) is 18.1 Å². The summed E-state index contributed by atoms with van der Waals surface area (Å²) in [6.07, 6.45) is 0. The van der Waals surface area contributed by atoms with Crippen LogP contribution >= 0.6 is 0 Å². The highest BCUT2D eigenvalue weighted by atomic mass is 16.6. The Morgan fingerprint density at radius 2 is 2.19 bits per heavy atom. The Labute approximate surface area is 119 Å². The maximum atomic E-state index is 12.2. The summed E-state index contributed by atoms with van der Waals surface area (Å²) < 4.78 is 5.04. The molecule has 0 spiro atoms. The van der Waals surface area contributed by atoms with Gasteiger partial charge in [0.05, 0.1) is 10.5 Å². The molecule has 2 aromatic rings. The lowest BCUT2D eigenvalue weighted by Crippen LogP contribution is -2.15. The van der Waals surface area contributed by atoms with E-state index in [1.807, 2.05) is 6.92 Å². The molecule has 9 heteroatoms. The number of amides is 1. The first-order valence-corrected chi connectivity index (χ1v) is 6.15. The third-order valence-corrected chi connectivity index (χ3v) is 2.57. The zero-order valence-corrected chi connectivity index (χ0v) is 11.4. The highest BCUT2D eigenvalue weighted by molar-refractivity contribution is 6.07. The summed E-state index contributed by atoms with van der Waals surface area (Å²) >= 11 is 0. The van der Waals surface area contributed by atoms with Gasteiger partial charge >= 0.3 is 6.01 Å². The molecule has 1 aromatic carbocycles. The predicted octanol–water partition coefficient (Wildman–Crippen LogP) is 1.97. The molecule has 9 nitrogen and oxygen atoms in total. The number of nitrogens with zero attached hydrogens (tertiary/aromatic N) is 3. The molecule has 0 bridgehead atoms. The molecule has 110 valence electrons. The molecule has 0 aliphatic carbocycles. The van der Waals surface area contributed by atoms with Gasteiger partial charge in [-0.3, -0.25) is 20.2 Å². The van der Waals surface area contributed by atoms with Crippen LogP contribution in [0.15, 0.2) is 22.6 Å². The number of rotatable bonds is 5. The average Bonchev–Trinajstić information content (AvgIpc) is 2.84. The fraction of sp³-hybridized carbons (Fsp3) is 0.250. The molecule has 1 amide bonds. The molecule has 0 unspecified atom stereocenters. The number of nitro groups is 1. The van der Waals surface area contributed by atoms with E-state index in [1.54, 1.807) is 6.92 Å². The minimum absolute atomic E-state index is 0.0635. The molecule has 0 aliphatic rings. The van der Waals surface area contributed by atoms with Crippen molar-refractivity contribution >= 4 is 23.3 Å². The number of nitro benzene ring substituents is 1. The van der Waals surface area contributed by atoms with Crippen LogP contribution in [-0.4, -0.2) is 27.6 Å². The van der Waals surface area contributed by atoms with E-state index in [4.69, 9.17) is 4.42 Å². The topological polar surface area (TPSA) is 123 Å². The van der Waals surface area contributed by atoms with Crippen LogP contribution in [0, 0.1) is 17.0 Å². The molecule has 2 rings (SSSR count). The molecule has 0 atom stereocenters. The van der Waals surface area contributed by atoms with Gasteiger partial charge in [0.25, 0.3) is 11.6 Å². The van der Waals surface area contributed by atoms with Crippen molar-refractivity contribution < 1.29 is 14.1 Å². The van der Waals surface area contributed by atoms with Gasteiger partial charge in [-0.2, -0.15) is 0 Å². The van der Waals surface area contributed by atoms with Crippen molar-refractivity contribution in [3.05, 3.63) is 39.8 Å². The van der Waals surface area contributed by atoms with Crippen LogP contribution in [0.2, 0.25) is 0 Å². The summed E-state index contributed by atoms with van der Waals surface area (Å²) in [4.78, 5) is 22.4. The normalized spacial score (nSPS) is 10.2. The van der Waals surface area contributed by atoms with Crippen molar-refractivity contribution in [3.8, 4) is 0 Å². The minimum Gasteiger partial charge on any atom is -0.408 e. The van der Waals surface area contributed by atoms with Crippen molar-refractivity contribution in [2.24, 2.45) is 0 Å². The van der Waals surface area contributed by atoms with Gasteiger partial charge in [0, 0.05) is 31.3 Å². The molecular weight excluding hydrogens is 278 g/mol. The second-order valence-corrected chi connectivity index (χ2v) is 4.10. The third kappa shape index (κ3) is 3.32. The lowest BCUT2D eigenvalue weighted by molar-refractivity contribution is -0.384. The largest absolute Gasteiger partial charge is 0.408 e. The highest BCUT2D eigenvalue weighted by Crippen LogP contribution is 2.23. The first kappa shape index (κ1) is 14.4. The second-order valence-electron chi connectivity index (χ2n) is 4.10. The molecule has 1 heterocycles. The maximum absolute atomic E-state index is 12.2. The van der Waals surface area contributed by atoms with Gasteiger partial charge in [-0.05, 0) is 13.0 Å². The Balaban J connectivity index is 2.32. The van der Waals surface area contributed by atoms with Gasteiger partial charge in [-0.1, -0.05) is 5.10 Å². The zero-order valence-electron chi connectivity index (χ0n) is 11.4. The van der Waals surface area contributed by atoms with E-state index >= 15 is 0 Å². The smallest absolute Gasteiger partial charge is 0.322 e. The molecule has 1 aromatic heterocycles. The van der Waals surface area contributed by atoms with Gasteiger partial charge in [-0.15, -0.1) is 5.10 Å². The van der Waals surface area contributed by atoms with Crippen molar-refractivity contribution in [3.63, 3.8) is 0 Å². The molecular formula is C12H13N5O4. The monoisotopic (exact) mass is 291 g/mol. The van der Waals surface area contributed by atoms with E-state index in [2.05, 4.69) is 20.8 Å². The SMILES string of the molecule is CCNc1ccc([N+](=O)[O-])cc1C(=O)Nc1nnc(C)o1. The lowest BCUT2D eigenvalue weighted by atomic mass is 10.1. The Kier molecular flexibility index (Phi) is 4.12. The zero-order chi connectivity index (χ0) is 15.4. The van der Waals surface area contributed by atoms with E-state index in [0.717, 1.165) is 0 Å². The summed E-state index contributed by atoms with van der Waals surface area (Å²) in [5.41, 5.74) is 0.433. The average molecular weight is 291 g/mol. The van der Waals surface area contributed by atoms with Crippen molar-refractivity contribution in [2.45, 2.75) is 13.8 Å². The number of aryl methyl sites for hydroxylation is 1. The number of aromatic nitrogens is 2. The summed E-state index contributed by atoms with van der Waals surface area (Å²) in [6, 6.07) is 3.93. The molecule has 2 N–H and O–H groups in total. The molecule has 0 saturated carbocycles. The van der Waals surface area contributed by atoms with Crippen LogP contribution in [0.4, 0.5) is 17.4 Å². The minimum atomic E-state index is -0.571. The summed E-state index contributed by atoms with van der Waals surface area (Å²) in [7, 11) is 0. The Morgan fingerprint density at radius 1 is 1.43 bits per heavy atom. The summed E-state index contributed by atoms with van der Waals surface area (Å²) in [6.45, 7) is 4.00. The third-order valence-electron chi connectivity index (χ3n) is 2.57. The lowest BCUT2D eigenvalue weighted by Gasteiger charge is -2.09. The molecule has 0 fully saturated rings. The predicted molar refractivity (Wildman–Crippen MR) is 74.2 cm³/mol. The quantitative estimate of drug-likeness (QED) is 0.637. The number of benzene rings is 1. The molecule has 0 aliphatic heterocycles. The van der Waals surface area contributed by atoms with Gasteiger partial charge in [0.2, 0.25) is 5.89 Å². The van der Waals surface area contributed by atoms with E-state index in [9.17, 15) is 14.9 Å². The number of anilines is 2. The fourth-order valence-corrected chi connectivity index (χ4v) is 1.69. The van der Waals surface area contributed by atoms with Crippen LogP contribution in [-0.2, 0) is 0 Å². The van der Waals surface area contributed by atoms with Crippen LogP contribution in [0.3, 0.4) is 0 Å². The van der Waals surface area contributed by atoms with Crippen LogP contribution < -0.4 is 10.6 Å². The second kappa shape index (κ2) is 5.99. The van der Waals surface area contributed by atoms with E-state index in [-0.39, 0.29) is 17.3 Å². The Hall–Kier alpha value is -2.97. The van der Waals surface area contributed by atoms with E-state index < -0.39 is 10.8 Å². The first-order chi connectivity index (χ1) is 10.0. The van der Waals surface area contributed by atoms with Crippen molar-refractivity contribution in [2.75, 3.05) is 17.2 Å². The number of hydrogen-bond acceptors (Lipinski definition) is 7. The first-order valence-electron chi connectivity index (χ1n) is 6.15. The Morgan fingerprint density at radius 3 is 2.76 bits per heavy atom. The van der Waals surface area contributed by atoms with Crippen LogP contribution in [0.25, 0.3) is 0 Å². The number of carbonyl (C=O) groups excluding carboxylic acids is 1. The standard InChI is InChI=1S/C12H13N5O4/c1-3-13-10-5-4-8(17(19)20)6-9(10)11(18)14-12-16-15-7(2)21-12/h4-6,13H,3H2,1-2H3,(H,14,16,18).